The van der Waals surface area contributed by atoms with E-state index in [0.29, 0.717) is 36.1 Å². The molecule has 3 rings (SSSR count). The number of likely N-dealkylation sites (tertiary alicyclic amines) is 1. The fourth-order valence-electron chi connectivity index (χ4n) is 3.63. The molecule has 28 heavy (non-hydrogen) atoms. The normalized spacial score (nSPS) is 15.7. The standard InChI is InChI=1S/C21H22BrN3O3/c1-3-18(26)25-11-9-21(10-12-25,15-7-5-4-6-8-15)20(28)23-16-13-17(22)19(27)24(2)14-16/h3-8,13-14H,1,9-12H2,2H3,(H,23,28). The van der Waals surface area contributed by atoms with E-state index in [0.717, 1.165) is 5.56 Å². The van der Waals surface area contributed by atoms with Gasteiger partial charge in [-0.25, -0.2) is 0 Å². The van der Waals surface area contributed by atoms with Crippen molar-refractivity contribution < 1.29 is 9.59 Å². The minimum absolute atomic E-state index is 0.121. The van der Waals surface area contributed by atoms with Crippen LogP contribution in [0.3, 0.4) is 0 Å². The molecule has 0 spiro atoms. The Bertz CT molecular complexity index is 934. The van der Waals surface area contributed by atoms with Crippen LogP contribution in [0.15, 0.2) is 64.5 Å². The molecule has 1 aliphatic heterocycles. The number of nitrogens with zero attached hydrogens (tertiary/aromatic N) is 2. The number of anilines is 1. The predicted octanol–water partition coefficient (Wildman–Crippen LogP) is 2.83. The van der Waals surface area contributed by atoms with Crippen molar-refractivity contribution in [1.29, 1.82) is 0 Å². The number of benzene rings is 1. The lowest BCUT2D eigenvalue weighted by molar-refractivity contribution is -0.131. The van der Waals surface area contributed by atoms with Crippen molar-refractivity contribution in [2.24, 2.45) is 7.05 Å². The van der Waals surface area contributed by atoms with Crippen molar-refractivity contribution in [2.75, 3.05) is 18.4 Å². The maximum absolute atomic E-state index is 13.4. The van der Waals surface area contributed by atoms with Gasteiger partial charge < -0.3 is 14.8 Å². The summed E-state index contributed by atoms with van der Waals surface area (Å²) in [6.45, 7) is 4.49. The summed E-state index contributed by atoms with van der Waals surface area (Å²) in [7, 11) is 1.63. The van der Waals surface area contributed by atoms with Gasteiger partial charge in [0.05, 0.1) is 15.6 Å². The molecule has 2 amide bonds. The number of piperidine rings is 1. The summed E-state index contributed by atoms with van der Waals surface area (Å²) >= 11 is 3.23. The summed E-state index contributed by atoms with van der Waals surface area (Å²) in [5, 5.41) is 2.97. The first kappa shape index (κ1) is 20.1. The molecule has 0 radical (unpaired) electrons. The van der Waals surface area contributed by atoms with E-state index in [-0.39, 0.29) is 17.4 Å². The summed E-state index contributed by atoms with van der Waals surface area (Å²) < 4.78 is 1.80. The number of amides is 2. The molecule has 7 heteroatoms. The summed E-state index contributed by atoms with van der Waals surface area (Å²) in [4.78, 5) is 38.9. The first-order valence-corrected chi connectivity index (χ1v) is 9.81. The summed E-state index contributed by atoms with van der Waals surface area (Å²) in [6.07, 6.45) is 3.92. The summed E-state index contributed by atoms with van der Waals surface area (Å²) in [5.74, 6) is -0.265. The Morgan fingerprint density at radius 1 is 1.21 bits per heavy atom. The van der Waals surface area contributed by atoms with Crippen molar-refractivity contribution >= 4 is 33.4 Å². The number of rotatable bonds is 4. The van der Waals surface area contributed by atoms with Crippen LogP contribution in [0.25, 0.3) is 0 Å². The highest BCUT2D eigenvalue weighted by Crippen LogP contribution is 2.37. The fraction of sp³-hybridized carbons (Fsp3) is 0.286. The van der Waals surface area contributed by atoms with Crippen LogP contribution in [0.2, 0.25) is 0 Å². The zero-order valence-electron chi connectivity index (χ0n) is 15.7. The molecular formula is C21H22BrN3O3. The van der Waals surface area contributed by atoms with E-state index in [2.05, 4.69) is 27.8 Å². The molecular weight excluding hydrogens is 422 g/mol. The molecule has 1 aromatic carbocycles. The van der Waals surface area contributed by atoms with E-state index in [4.69, 9.17) is 0 Å². The van der Waals surface area contributed by atoms with E-state index in [1.54, 1.807) is 24.2 Å². The van der Waals surface area contributed by atoms with Gasteiger partial charge in [0.2, 0.25) is 11.8 Å². The first-order chi connectivity index (χ1) is 13.4. The smallest absolute Gasteiger partial charge is 0.264 e. The highest BCUT2D eigenvalue weighted by Gasteiger charge is 2.43. The molecule has 1 aromatic heterocycles. The van der Waals surface area contributed by atoms with Crippen molar-refractivity contribution in [2.45, 2.75) is 18.3 Å². The molecule has 146 valence electrons. The van der Waals surface area contributed by atoms with E-state index < -0.39 is 5.41 Å². The number of carbonyl (C=O) groups is 2. The highest BCUT2D eigenvalue weighted by atomic mass is 79.9. The van der Waals surface area contributed by atoms with Gasteiger partial charge in [-0.3, -0.25) is 14.4 Å². The minimum atomic E-state index is -0.750. The summed E-state index contributed by atoms with van der Waals surface area (Å²) in [6, 6.07) is 11.2. The topological polar surface area (TPSA) is 71.4 Å². The Balaban J connectivity index is 1.92. The third-order valence-electron chi connectivity index (χ3n) is 5.26. The number of hydrogen-bond acceptors (Lipinski definition) is 3. The van der Waals surface area contributed by atoms with Gasteiger partial charge in [0.1, 0.15) is 0 Å². The lowest BCUT2D eigenvalue weighted by Gasteiger charge is -2.40. The third-order valence-corrected chi connectivity index (χ3v) is 5.83. The Labute approximate surface area is 172 Å². The minimum Gasteiger partial charge on any atom is -0.339 e. The number of pyridine rings is 1. The van der Waals surface area contributed by atoms with Gasteiger partial charge in [-0.2, -0.15) is 0 Å². The van der Waals surface area contributed by atoms with Crippen LogP contribution in [0.1, 0.15) is 18.4 Å². The molecule has 0 unspecified atom stereocenters. The zero-order chi connectivity index (χ0) is 20.3. The van der Waals surface area contributed by atoms with Gasteiger partial charge in [-0.15, -0.1) is 0 Å². The van der Waals surface area contributed by atoms with Crippen molar-refractivity contribution in [3.05, 3.63) is 75.6 Å². The molecule has 1 aliphatic rings. The molecule has 2 heterocycles. The highest BCUT2D eigenvalue weighted by molar-refractivity contribution is 9.10. The average molecular weight is 444 g/mol. The molecule has 0 saturated carbocycles. The lowest BCUT2D eigenvalue weighted by atomic mass is 9.72. The van der Waals surface area contributed by atoms with Crippen molar-refractivity contribution in [1.82, 2.24) is 9.47 Å². The van der Waals surface area contributed by atoms with Gasteiger partial charge in [0, 0.05) is 26.3 Å². The SMILES string of the molecule is C=CC(=O)N1CCC(C(=O)Nc2cc(Br)c(=O)n(C)c2)(c2ccccc2)CC1. The molecule has 0 bridgehead atoms. The molecule has 6 nitrogen and oxygen atoms in total. The molecule has 1 saturated heterocycles. The molecule has 1 fully saturated rings. The van der Waals surface area contributed by atoms with Crippen LogP contribution >= 0.6 is 15.9 Å². The quantitative estimate of drug-likeness (QED) is 0.738. The van der Waals surface area contributed by atoms with E-state index >= 15 is 0 Å². The molecule has 1 N–H and O–H groups in total. The van der Waals surface area contributed by atoms with E-state index in [9.17, 15) is 14.4 Å². The maximum atomic E-state index is 13.4. The largest absolute Gasteiger partial charge is 0.339 e. The Morgan fingerprint density at radius 3 is 2.43 bits per heavy atom. The Kier molecular flexibility index (Phi) is 5.84. The van der Waals surface area contributed by atoms with Crippen LogP contribution < -0.4 is 10.9 Å². The van der Waals surface area contributed by atoms with Gasteiger partial charge in [0.15, 0.2) is 0 Å². The number of aryl methyl sites for hydroxylation is 1. The van der Waals surface area contributed by atoms with Gasteiger partial charge in [-0.05, 0) is 46.5 Å². The second-order valence-electron chi connectivity index (χ2n) is 6.92. The second kappa shape index (κ2) is 8.14. The number of aromatic nitrogens is 1. The fourth-order valence-corrected chi connectivity index (χ4v) is 4.16. The molecule has 0 aliphatic carbocycles. The number of hydrogen-bond donors (Lipinski definition) is 1. The predicted molar refractivity (Wildman–Crippen MR) is 112 cm³/mol. The average Bonchev–Trinajstić information content (AvgIpc) is 2.72. The molecule has 2 aromatic rings. The number of nitrogens with one attached hydrogen (secondary N) is 1. The van der Waals surface area contributed by atoms with Crippen molar-refractivity contribution in [3.63, 3.8) is 0 Å². The van der Waals surface area contributed by atoms with Crippen LogP contribution in [0.4, 0.5) is 5.69 Å². The second-order valence-corrected chi connectivity index (χ2v) is 7.78. The maximum Gasteiger partial charge on any atom is 0.264 e. The van der Waals surface area contributed by atoms with Crippen LogP contribution in [-0.4, -0.2) is 34.4 Å². The lowest BCUT2D eigenvalue weighted by Crippen LogP contribution is -2.50. The van der Waals surface area contributed by atoms with Crippen LogP contribution in [0, 0.1) is 0 Å². The van der Waals surface area contributed by atoms with Gasteiger partial charge in [0.25, 0.3) is 5.56 Å². The summed E-state index contributed by atoms with van der Waals surface area (Å²) in [5.41, 5.74) is 0.536. The third kappa shape index (κ3) is 3.80. The van der Waals surface area contributed by atoms with E-state index in [1.165, 1.54) is 10.6 Å². The van der Waals surface area contributed by atoms with Crippen molar-refractivity contribution in [3.8, 4) is 0 Å². The Morgan fingerprint density at radius 2 is 1.86 bits per heavy atom. The van der Waals surface area contributed by atoms with Gasteiger partial charge in [-0.1, -0.05) is 36.9 Å². The Hall–Kier alpha value is -2.67. The van der Waals surface area contributed by atoms with Crippen LogP contribution in [0.5, 0.6) is 0 Å². The van der Waals surface area contributed by atoms with E-state index in [1.807, 2.05) is 30.3 Å². The molecule has 0 atom stereocenters. The monoisotopic (exact) mass is 443 g/mol. The first-order valence-electron chi connectivity index (χ1n) is 9.02. The van der Waals surface area contributed by atoms with Gasteiger partial charge >= 0.3 is 0 Å². The zero-order valence-corrected chi connectivity index (χ0v) is 17.2. The van der Waals surface area contributed by atoms with Crippen LogP contribution in [-0.2, 0) is 22.1 Å². The number of carbonyl (C=O) groups excluding carboxylic acids is 2. The number of halogens is 1.